The molecular weight excluding hydrogens is 462 g/mol. The molecule has 4 rings (SSSR count). The van der Waals surface area contributed by atoms with Gasteiger partial charge in [0.2, 0.25) is 15.9 Å². The van der Waals surface area contributed by atoms with Crippen LogP contribution in [0.5, 0.6) is 0 Å². The summed E-state index contributed by atoms with van der Waals surface area (Å²) in [6.07, 6.45) is 1.90. The van der Waals surface area contributed by atoms with E-state index in [0.717, 1.165) is 27.6 Å². The molecule has 0 bridgehead atoms. The van der Waals surface area contributed by atoms with E-state index in [0.29, 0.717) is 32.5 Å². The number of hydrogen-bond acceptors (Lipinski definition) is 6. The van der Waals surface area contributed by atoms with Crippen LogP contribution in [0.3, 0.4) is 0 Å². The van der Waals surface area contributed by atoms with E-state index in [1.807, 2.05) is 37.3 Å². The number of amides is 1. The fraction of sp³-hybridized carbons (Fsp3) is 0.391. The van der Waals surface area contributed by atoms with Crippen molar-refractivity contribution in [1.82, 2.24) is 14.6 Å². The highest BCUT2D eigenvalue weighted by atomic mass is 32.2. The van der Waals surface area contributed by atoms with Gasteiger partial charge in [-0.3, -0.25) is 4.79 Å². The lowest BCUT2D eigenvalue weighted by atomic mass is 9.97. The number of rotatable bonds is 8. The lowest BCUT2D eigenvalue weighted by Gasteiger charge is -2.30. The third kappa shape index (κ3) is 5.83. The molecule has 2 aromatic heterocycles. The first-order chi connectivity index (χ1) is 15.4. The van der Waals surface area contributed by atoms with Crippen LogP contribution in [-0.4, -0.2) is 43.2 Å². The van der Waals surface area contributed by atoms with Gasteiger partial charge in [-0.15, -0.1) is 22.7 Å². The first kappa shape index (κ1) is 23.1. The predicted molar refractivity (Wildman–Crippen MR) is 130 cm³/mol. The van der Waals surface area contributed by atoms with E-state index in [2.05, 4.69) is 27.8 Å². The van der Waals surface area contributed by atoms with Crippen LogP contribution >= 0.6 is 22.7 Å². The van der Waals surface area contributed by atoms with Gasteiger partial charge in [0.15, 0.2) is 0 Å². The van der Waals surface area contributed by atoms with Crippen LogP contribution in [0.4, 0.5) is 0 Å². The molecule has 32 heavy (non-hydrogen) atoms. The highest BCUT2D eigenvalue weighted by Crippen LogP contribution is 2.29. The summed E-state index contributed by atoms with van der Waals surface area (Å²) in [4.78, 5) is 19.5. The van der Waals surface area contributed by atoms with Gasteiger partial charge in [0, 0.05) is 35.8 Å². The minimum absolute atomic E-state index is 0.00791. The van der Waals surface area contributed by atoms with Crippen LogP contribution in [0.2, 0.25) is 0 Å². The van der Waals surface area contributed by atoms with Crippen molar-refractivity contribution >= 4 is 38.6 Å². The Labute approximate surface area is 197 Å². The summed E-state index contributed by atoms with van der Waals surface area (Å²) in [6, 6.07) is 13.4. The number of thiophene rings is 1. The van der Waals surface area contributed by atoms with Gasteiger partial charge in [0.05, 0.1) is 21.3 Å². The first-order valence-corrected chi connectivity index (χ1v) is 14.0. The standard InChI is InChI=1S/C23H27N3O3S3/c1-17-25-21(15-30-17)22-8-7-20(31-22)9-12-24-23(27)19-10-13-26(14-11-19)32(28,29)16-18-5-3-2-4-6-18/h2-8,15,19H,9-14,16H2,1H3,(H,24,27). The molecule has 0 saturated carbocycles. The van der Waals surface area contributed by atoms with Gasteiger partial charge in [-0.05, 0) is 43.9 Å². The number of piperidine rings is 1. The molecule has 1 amide bonds. The number of sulfonamides is 1. The predicted octanol–water partition coefficient (Wildman–Crippen LogP) is 4.08. The molecule has 1 aliphatic rings. The van der Waals surface area contributed by atoms with Crippen molar-refractivity contribution in [3.63, 3.8) is 0 Å². The van der Waals surface area contributed by atoms with Crippen LogP contribution in [0.1, 0.15) is 28.3 Å². The maximum Gasteiger partial charge on any atom is 0.223 e. The van der Waals surface area contributed by atoms with Gasteiger partial charge in [-0.1, -0.05) is 30.3 Å². The Morgan fingerprint density at radius 2 is 1.91 bits per heavy atom. The molecule has 6 nitrogen and oxygen atoms in total. The molecule has 1 aromatic carbocycles. The van der Waals surface area contributed by atoms with Gasteiger partial charge in [0.1, 0.15) is 0 Å². The molecule has 1 N–H and O–H groups in total. The Bertz CT molecular complexity index is 1150. The van der Waals surface area contributed by atoms with Gasteiger partial charge in [-0.2, -0.15) is 0 Å². The molecule has 0 unspecified atom stereocenters. The molecule has 3 aromatic rings. The summed E-state index contributed by atoms with van der Waals surface area (Å²) < 4.78 is 26.9. The second-order valence-electron chi connectivity index (χ2n) is 7.97. The number of carbonyl (C=O) groups excluding carboxylic acids is 1. The van der Waals surface area contributed by atoms with Gasteiger partial charge < -0.3 is 5.32 Å². The molecule has 0 radical (unpaired) electrons. The zero-order valence-corrected chi connectivity index (χ0v) is 20.4. The molecule has 1 saturated heterocycles. The summed E-state index contributed by atoms with van der Waals surface area (Å²) in [5.41, 5.74) is 1.80. The minimum Gasteiger partial charge on any atom is -0.355 e. The van der Waals surface area contributed by atoms with Crippen molar-refractivity contribution in [3.05, 3.63) is 63.3 Å². The number of thiazole rings is 1. The molecule has 3 heterocycles. The fourth-order valence-corrected chi connectivity index (χ4v) is 7.07. The van der Waals surface area contributed by atoms with Crippen molar-refractivity contribution < 1.29 is 13.2 Å². The third-order valence-electron chi connectivity index (χ3n) is 5.61. The Morgan fingerprint density at radius 3 is 2.59 bits per heavy atom. The summed E-state index contributed by atoms with van der Waals surface area (Å²) in [7, 11) is -3.36. The number of aryl methyl sites for hydroxylation is 1. The summed E-state index contributed by atoms with van der Waals surface area (Å²) >= 11 is 3.35. The van der Waals surface area contributed by atoms with E-state index in [-0.39, 0.29) is 17.6 Å². The van der Waals surface area contributed by atoms with E-state index < -0.39 is 10.0 Å². The van der Waals surface area contributed by atoms with Crippen LogP contribution in [0.15, 0.2) is 47.8 Å². The fourth-order valence-electron chi connectivity index (χ4n) is 3.85. The number of benzene rings is 1. The van der Waals surface area contributed by atoms with Crippen molar-refractivity contribution in [2.24, 2.45) is 5.92 Å². The zero-order valence-electron chi connectivity index (χ0n) is 18.0. The second-order valence-corrected chi connectivity index (χ2v) is 12.2. The van der Waals surface area contributed by atoms with E-state index in [9.17, 15) is 13.2 Å². The molecule has 1 fully saturated rings. The Hall–Kier alpha value is -2.07. The normalized spacial score (nSPS) is 15.7. The average Bonchev–Trinajstić information content (AvgIpc) is 3.43. The maximum absolute atomic E-state index is 12.7. The van der Waals surface area contributed by atoms with Gasteiger partial charge in [-0.25, -0.2) is 17.7 Å². The molecule has 0 spiro atoms. The topological polar surface area (TPSA) is 79.4 Å². The van der Waals surface area contributed by atoms with Crippen LogP contribution in [0, 0.1) is 12.8 Å². The highest BCUT2D eigenvalue weighted by Gasteiger charge is 2.31. The number of nitrogens with one attached hydrogen (secondary N) is 1. The smallest absolute Gasteiger partial charge is 0.223 e. The van der Waals surface area contributed by atoms with Gasteiger partial charge >= 0.3 is 0 Å². The summed E-state index contributed by atoms with van der Waals surface area (Å²) in [5.74, 6) is -0.0967. The minimum atomic E-state index is -3.36. The van der Waals surface area contributed by atoms with Crippen molar-refractivity contribution in [1.29, 1.82) is 0 Å². The van der Waals surface area contributed by atoms with Crippen molar-refractivity contribution in [2.75, 3.05) is 19.6 Å². The zero-order chi connectivity index (χ0) is 22.6. The Morgan fingerprint density at radius 1 is 1.16 bits per heavy atom. The Balaban J connectivity index is 1.21. The number of nitrogens with zero attached hydrogens (tertiary/aromatic N) is 2. The largest absolute Gasteiger partial charge is 0.355 e. The van der Waals surface area contributed by atoms with Crippen LogP contribution in [-0.2, 0) is 27.0 Å². The first-order valence-electron chi connectivity index (χ1n) is 10.7. The molecule has 0 atom stereocenters. The quantitative estimate of drug-likeness (QED) is 0.517. The third-order valence-corrected chi connectivity index (χ3v) is 9.40. The SMILES string of the molecule is Cc1nc(-c2ccc(CCNC(=O)C3CCN(S(=O)(=O)Cc4ccccc4)CC3)s2)cs1. The maximum atomic E-state index is 12.7. The number of hydrogen-bond donors (Lipinski definition) is 1. The Kier molecular flexibility index (Phi) is 7.40. The molecule has 0 aliphatic carbocycles. The van der Waals surface area contributed by atoms with Gasteiger partial charge in [0.25, 0.3) is 0 Å². The average molecular weight is 490 g/mol. The second kappa shape index (κ2) is 10.2. The summed E-state index contributed by atoms with van der Waals surface area (Å²) in [6.45, 7) is 3.38. The van der Waals surface area contributed by atoms with Crippen molar-refractivity contribution in [2.45, 2.75) is 31.9 Å². The van der Waals surface area contributed by atoms with E-state index in [1.165, 1.54) is 9.18 Å². The van der Waals surface area contributed by atoms with Crippen LogP contribution < -0.4 is 5.32 Å². The number of carbonyl (C=O) groups is 1. The molecule has 170 valence electrons. The van der Waals surface area contributed by atoms with Crippen LogP contribution in [0.25, 0.3) is 10.6 Å². The highest BCUT2D eigenvalue weighted by molar-refractivity contribution is 7.88. The van der Waals surface area contributed by atoms with E-state index >= 15 is 0 Å². The molecular formula is C23H27N3O3S3. The van der Waals surface area contributed by atoms with Crippen molar-refractivity contribution in [3.8, 4) is 10.6 Å². The summed E-state index contributed by atoms with van der Waals surface area (Å²) in [5, 5.41) is 6.16. The number of aromatic nitrogens is 1. The molecule has 9 heteroatoms. The van der Waals surface area contributed by atoms with E-state index in [1.54, 1.807) is 22.7 Å². The lowest BCUT2D eigenvalue weighted by molar-refractivity contribution is -0.126. The monoisotopic (exact) mass is 489 g/mol. The molecule has 1 aliphatic heterocycles. The lowest BCUT2D eigenvalue weighted by Crippen LogP contribution is -2.43. The van der Waals surface area contributed by atoms with E-state index in [4.69, 9.17) is 0 Å².